The van der Waals surface area contributed by atoms with Crippen molar-refractivity contribution < 1.29 is 23.1 Å². The number of carboxylic acid groups (broad SMARTS) is 1. The molecule has 0 radical (unpaired) electrons. The van der Waals surface area contributed by atoms with Crippen LogP contribution in [0.4, 0.5) is 0 Å². The summed E-state index contributed by atoms with van der Waals surface area (Å²) in [6.07, 6.45) is 3.87. The SMILES string of the molecule is CN(C1(CC(=O)O)CCCCC1)S(=O)(=O)N1CCOCC1. The number of nitrogens with zero attached hydrogens (tertiary/aromatic N) is 2. The first-order valence-electron chi connectivity index (χ1n) is 7.42. The van der Waals surface area contributed by atoms with Gasteiger partial charge in [-0.3, -0.25) is 4.79 Å². The van der Waals surface area contributed by atoms with E-state index in [9.17, 15) is 18.3 Å². The van der Waals surface area contributed by atoms with Gasteiger partial charge < -0.3 is 9.84 Å². The first kappa shape index (κ1) is 16.7. The van der Waals surface area contributed by atoms with Gasteiger partial charge in [-0.15, -0.1) is 0 Å². The molecule has 1 saturated carbocycles. The summed E-state index contributed by atoms with van der Waals surface area (Å²) in [4.78, 5) is 11.2. The molecule has 0 aromatic heterocycles. The summed E-state index contributed by atoms with van der Waals surface area (Å²) < 4.78 is 33.5. The average Bonchev–Trinajstić information content (AvgIpc) is 2.47. The molecular formula is C13H24N2O5S. The quantitative estimate of drug-likeness (QED) is 0.804. The third-order valence-electron chi connectivity index (χ3n) is 4.57. The van der Waals surface area contributed by atoms with Crippen molar-refractivity contribution in [3.05, 3.63) is 0 Å². The van der Waals surface area contributed by atoms with Crippen LogP contribution in [-0.2, 0) is 19.7 Å². The van der Waals surface area contributed by atoms with Crippen LogP contribution in [0.25, 0.3) is 0 Å². The van der Waals surface area contributed by atoms with Gasteiger partial charge in [-0.2, -0.15) is 17.0 Å². The van der Waals surface area contributed by atoms with Gasteiger partial charge in [0.2, 0.25) is 0 Å². The van der Waals surface area contributed by atoms with Crippen LogP contribution in [0.2, 0.25) is 0 Å². The molecule has 1 heterocycles. The normalized spacial score (nSPS) is 24.1. The highest BCUT2D eigenvalue weighted by Crippen LogP contribution is 2.38. The van der Waals surface area contributed by atoms with Crippen LogP contribution < -0.4 is 0 Å². The number of hydrogen-bond donors (Lipinski definition) is 1. The molecule has 1 N–H and O–H groups in total. The first-order chi connectivity index (χ1) is 9.88. The van der Waals surface area contributed by atoms with Gasteiger partial charge in [0.25, 0.3) is 10.2 Å². The Kier molecular flexibility index (Phi) is 5.24. The highest BCUT2D eigenvalue weighted by molar-refractivity contribution is 7.86. The smallest absolute Gasteiger partial charge is 0.305 e. The molecular weight excluding hydrogens is 296 g/mol. The minimum atomic E-state index is -3.64. The summed E-state index contributed by atoms with van der Waals surface area (Å²) in [6.45, 7) is 1.43. The Morgan fingerprint density at radius 3 is 2.33 bits per heavy atom. The third kappa shape index (κ3) is 3.56. The van der Waals surface area contributed by atoms with Crippen LogP contribution in [0, 0.1) is 0 Å². The Bertz CT molecular complexity index is 467. The lowest BCUT2D eigenvalue weighted by atomic mass is 9.79. The zero-order chi connectivity index (χ0) is 15.5. The molecule has 0 aromatic rings. The summed E-state index contributed by atoms with van der Waals surface area (Å²) in [5, 5.41) is 9.20. The van der Waals surface area contributed by atoms with E-state index in [2.05, 4.69) is 0 Å². The molecule has 122 valence electrons. The second-order valence-electron chi connectivity index (χ2n) is 5.84. The molecule has 1 aliphatic heterocycles. The van der Waals surface area contributed by atoms with Crippen LogP contribution in [0.3, 0.4) is 0 Å². The molecule has 0 unspecified atom stereocenters. The van der Waals surface area contributed by atoms with Crippen molar-refractivity contribution in [2.45, 2.75) is 44.1 Å². The van der Waals surface area contributed by atoms with Gasteiger partial charge in [0, 0.05) is 25.7 Å². The summed E-state index contributed by atoms with van der Waals surface area (Å²) in [7, 11) is -2.12. The van der Waals surface area contributed by atoms with Gasteiger partial charge in [-0.1, -0.05) is 19.3 Å². The average molecular weight is 320 g/mol. The largest absolute Gasteiger partial charge is 0.481 e. The molecule has 8 heteroatoms. The fourth-order valence-corrected chi connectivity index (χ4v) is 4.98. The Morgan fingerprint density at radius 1 is 1.24 bits per heavy atom. The lowest BCUT2D eigenvalue weighted by Gasteiger charge is -2.44. The van der Waals surface area contributed by atoms with E-state index in [0.29, 0.717) is 39.1 Å². The van der Waals surface area contributed by atoms with Crippen molar-refractivity contribution in [2.24, 2.45) is 0 Å². The Morgan fingerprint density at radius 2 is 1.81 bits per heavy atom. The van der Waals surface area contributed by atoms with Crippen molar-refractivity contribution in [1.29, 1.82) is 0 Å². The number of carbonyl (C=O) groups is 1. The maximum Gasteiger partial charge on any atom is 0.305 e. The van der Waals surface area contributed by atoms with Gasteiger partial charge in [0.15, 0.2) is 0 Å². The van der Waals surface area contributed by atoms with Crippen molar-refractivity contribution in [2.75, 3.05) is 33.4 Å². The Balaban J connectivity index is 2.23. The molecule has 2 fully saturated rings. The molecule has 1 aliphatic carbocycles. The fraction of sp³-hybridized carbons (Fsp3) is 0.923. The summed E-state index contributed by atoms with van der Waals surface area (Å²) in [5.41, 5.74) is -0.790. The molecule has 0 bridgehead atoms. The molecule has 0 atom stereocenters. The first-order valence-corrected chi connectivity index (χ1v) is 8.82. The summed E-state index contributed by atoms with van der Waals surface area (Å²) in [5.74, 6) is -0.944. The standard InChI is InChI=1S/C13H24N2O5S/c1-14(21(18,19)15-7-9-20-10-8-15)13(11-12(16)17)5-3-2-4-6-13/h2-11H2,1H3,(H,16,17). The molecule has 21 heavy (non-hydrogen) atoms. The highest BCUT2D eigenvalue weighted by atomic mass is 32.2. The second kappa shape index (κ2) is 6.60. The van der Waals surface area contributed by atoms with Crippen LogP contribution in [0.1, 0.15) is 38.5 Å². The van der Waals surface area contributed by atoms with Crippen LogP contribution in [0.15, 0.2) is 0 Å². The van der Waals surface area contributed by atoms with Crippen LogP contribution >= 0.6 is 0 Å². The van der Waals surface area contributed by atoms with E-state index in [0.717, 1.165) is 19.3 Å². The van der Waals surface area contributed by atoms with E-state index in [1.807, 2.05) is 0 Å². The van der Waals surface area contributed by atoms with E-state index in [1.165, 1.54) is 15.7 Å². The topological polar surface area (TPSA) is 87.2 Å². The maximum absolute atomic E-state index is 12.8. The Labute approximate surface area is 126 Å². The van der Waals surface area contributed by atoms with E-state index >= 15 is 0 Å². The van der Waals surface area contributed by atoms with Gasteiger partial charge in [-0.25, -0.2) is 0 Å². The lowest BCUT2D eigenvalue weighted by molar-refractivity contribution is -0.140. The molecule has 0 aromatic carbocycles. The van der Waals surface area contributed by atoms with Crippen LogP contribution in [0.5, 0.6) is 0 Å². The maximum atomic E-state index is 12.8. The minimum absolute atomic E-state index is 0.132. The molecule has 0 spiro atoms. The number of aliphatic carboxylic acids is 1. The summed E-state index contributed by atoms with van der Waals surface area (Å²) >= 11 is 0. The second-order valence-corrected chi connectivity index (χ2v) is 7.80. The zero-order valence-corrected chi connectivity index (χ0v) is 13.3. The molecule has 0 amide bonds. The number of carboxylic acids is 1. The monoisotopic (exact) mass is 320 g/mol. The van der Waals surface area contributed by atoms with Crippen molar-refractivity contribution in [3.63, 3.8) is 0 Å². The Hall–Kier alpha value is -0.700. The summed E-state index contributed by atoms with van der Waals surface area (Å²) in [6, 6.07) is 0. The highest BCUT2D eigenvalue weighted by Gasteiger charge is 2.45. The van der Waals surface area contributed by atoms with Crippen molar-refractivity contribution in [1.82, 2.24) is 8.61 Å². The van der Waals surface area contributed by atoms with E-state index in [-0.39, 0.29) is 6.42 Å². The van der Waals surface area contributed by atoms with Gasteiger partial charge in [0.05, 0.1) is 19.6 Å². The van der Waals surface area contributed by atoms with E-state index < -0.39 is 21.7 Å². The molecule has 7 nitrogen and oxygen atoms in total. The van der Waals surface area contributed by atoms with Crippen molar-refractivity contribution in [3.8, 4) is 0 Å². The minimum Gasteiger partial charge on any atom is -0.481 e. The van der Waals surface area contributed by atoms with Gasteiger partial charge in [0.1, 0.15) is 0 Å². The fourth-order valence-electron chi connectivity index (χ4n) is 3.29. The third-order valence-corrected chi connectivity index (χ3v) is 6.67. The molecule has 2 aliphatic rings. The number of morpholine rings is 1. The predicted molar refractivity (Wildman–Crippen MR) is 77.1 cm³/mol. The van der Waals surface area contributed by atoms with Crippen molar-refractivity contribution >= 4 is 16.2 Å². The van der Waals surface area contributed by atoms with Crippen LogP contribution in [-0.4, -0.2) is 67.0 Å². The molecule has 2 rings (SSSR count). The number of rotatable bonds is 5. The lowest BCUT2D eigenvalue weighted by Crippen LogP contribution is -2.57. The van der Waals surface area contributed by atoms with E-state index in [1.54, 1.807) is 0 Å². The number of ether oxygens (including phenoxy) is 1. The van der Waals surface area contributed by atoms with Gasteiger partial charge in [-0.05, 0) is 12.8 Å². The van der Waals surface area contributed by atoms with E-state index in [4.69, 9.17) is 4.74 Å². The molecule has 1 saturated heterocycles. The number of hydrogen-bond acceptors (Lipinski definition) is 4. The predicted octanol–water partition coefficient (Wildman–Crippen LogP) is 0.673. The zero-order valence-electron chi connectivity index (χ0n) is 12.5. The van der Waals surface area contributed by atoms with Gasteiger partial charge >= 0.3 is 5.97 Å².